The molecular formula is C16H13ClO3S. The van der Waals surface area contributed by atoms with Crippen molar-refractivity contribution in [2.24, 2.45) is 5.92 Å². The van der Waals surface area contributed by atoms with Crippen LogP contribution in [-0.4, -0.2) is 20.0 Å². The van der Waals surface area contributed by atoms with Crippen molar-refractivity contribution in [1.29, 1.82) is 0 Å². The van der Waals surface area contributed by atoms with Crippen molar-refractivity contribution in [2.45, 2.75) is 16.1 Å². The minimum absolute atomic E-state index is 0.262. The lowest BCUT2D eigenvalue weighted by atomic mass is 10.1. The SMILES string of the molecule is O=C[C@@H]1[C@@H](c2ccc(Cl)cc2)[C@H]1S(=O)(=O)c1ccccc1. The van der Waals surface area contributed by atoms with Crippen molar-refractivity contribution in [1.82, 2.24) is 0 Å². The third-order valence-electron chi connectivity index (χ3n) is 3.85. The van der Waals surface area contributed by atoms with Crippen LogP contribution in [0.2, 0.25) is 5.02 Å². The second kappa shape index (κ2) is 5.28. The number of rotatable bonds is 4. The van der Waals surface area contributed by atoms with Crippen LogP contribution in [-0.2, 0) is 14.6 Å². The summed E-state index contributed by atoms with van der Waals surface area (Å²) in [5.74, 6) is -0.777. The van der Waals surface area contributed by atoms with Crippen molar-refractivity contribution in [3.8, 4) is 0 Å². The van der Waals surface area contributed by atoms with Gasteiger partial charge < -0.3 is 4.79 Å². The van der Waals surface area contributed by atoms with Gasteiger partial charge in [0.15, 0.2) is 9.84 Å². The van der Waals surface area contributed by atoms with Crippen molar-refractivity contribution < 1.29 is 13.2 Å². The lowest BCUT2D eigenvalue weighted by Gasteiger charge is -2.04. The van der Waals surface area contributed by atoms with E-state index in [0.29, 0.717) is 5.02 Å². The second-order valence-corrected chi connectivity index (χ2v) is 7.66. The fraction of sp³-hybridized carbons (Fsp3) is 0.188. The van der Waals surface area contributed by atoms with Gasteiger partial charge in [-0.15, -0.1) is 0 Å². The van der Waals surface area contributed by atoms with E-state index in [4.69, 9.17) is 11.6 Å². The van der Waals surface area contributed by atoms with Crippen LogP contribution in [0.3, 0.4) is 0 Å². The molecule has 0 N–H and O–H groups in total. The minimum Gasteiger partial charge on any atom is -0.303 e. The minimum atomic E-state index is -3.50. The molecule has 5 heteroatoms. The maximum atomic E-state index is 12.6. The first-order chi connectivity index (χ1) is 10.1. The van der Waals surface area contributed by atoms with Gasteiger partial charge in [-0.3, -0.25) is 0 Å². The zero-order chi connectivity index (χ0) is 15.0. The molecule has 0 bridgehead atoms. The Hall–Kier alpha value is -1.65. The predicted octanol–water partition coefficient (Wildman–Crippen LogP) is 3.09. The molecule has 0 aromatic heterocycles. The highest BCUT2D eigenvalue weighted by molar-refractivity contribution is 7.92. The Balaban J connectivity index is 1.96. The first kappa shape index (κ1) is 14.3. The molecule has 21 heavy (non-hydrogen) atoms. The number of aldehydes is 1. The summed E-state index contributed by atoms with van der Waals surface area (Å²) in [7, 11) is -3.50. The van der Waals surface area contributed by atoms with Crippen molar-refractivity contribution in [2.75, 3.05) is 0 Å². The molecule has 108 valence electrons. The highest BCUT2D eigenvalue weighted by Crippen LogP contribution is 2.52. The summed E-state index contributed by atoms with van der Waals surface area (Å²) in [5.41, 5.74) is 0.834. The molecule has 1 aliphatic rings. The summed E-state index contributed by atoms with van der Waals surface area (Å²) in [6.07, 6.45) is 0.741. The molecule has 0 radical (unpaired) electrons. The van der Waals surface area contributed by atoms with Gasteiger partial charge in [-0.25, -0.2) is 8.42 Å². The van der Waals surface area contributed by atoms with E-state index in [1.165, 1.54) is 0 Å². The first-order valence-electron chi connectivity index (χ1n) is 6.55. The van der Waals surface area contributed by atoms with Gasteiger partial charge in [-0.05, 0) is 29.8 Å². The van der Waals surface area contributed by atoms with Crippen LogP contribution < -0.4 is 0 Å². The van der Waals surface area contributed by atoms with Crippen LogP contribution in [0.4, 0.5) is 0 Å². The second-order valence-electron chi connectivity index (χ2n) is 5.11. The number of sulfone groups is 1. The maximum absolute atomic E-state index is 12.6. The lowest BCUT2D eigenvalue weighted by Crippen LogP contribution is -2.10. The van der Waals surface area contributed by atoms with Crippen LogP contribution in [0.25, 0.3) is 0 Å². The molecule has 0 heterocycles. The number of hydrogen-bond acceptors (Lipinski definition) is 3. The molecule has 0 amide bonds. The number of hydrogen-bond donors (Lipinski definition) is 0. The van der Waals surface area contributed by atoms with Crippen molar-refractivity contribution in [3.05, 3.63) is 65.2 Å². The molecule has 3 nitrogen and oxygen atoms in total. The van der Waals surface area contributed by atoms with Crippen molar-refractivity contribution in [3.63, 3.8) is 0 Å². The molecule has 0 saturated heterocycles. The molecule has 0 spiro atoms. The van der Waals surface area contributed by atoms with E-state index in [9.17, 15) is 13.2 Å². The van der Waals surface area contributed by atoms with E-state index in [2.05, 4.69) is 0 Å². The maximum Gasteiger partial charge on any atom is 0.182 e. The van der Waals surface area contributed by atoms with Gasteiger partial charge in [0, 0.05) is 16.9 Å². The third kappa shape index (κ3) is 2.49. The van der Waals surface area contributed by atoms with E-state index in [1.807, 2.05) is 0 Å². The van der Waals surface area contributed by atoms with Gasteiger partial charge in [-0.2, -0.15) is 0 Å². The fourth-order valence-electron chi connectivity index (χ4n) is 2.73. The van der Waals surface area contributed by atoms with Gasteiger partial charge in [0.05, 0.1) is 10.1 Å². The van der Waals surface area contributed by atoms with Gasteiger partial charge >= 0.3 is 0 Å². The smallest absolute Gasteiger partial charge is 0.182 e. The van der Waals surface area contributed by atoms with E-state index >= 15 is 0 Å². The molecule has 2 aromatic carbocycles. The fourth-order valence-corrected chi connectivity index (χ4v) is 4.99. The van der Waals surface area contributed by atoms with Crippen LogP contribution in [0.1, 0.15) is 11.5 Å². The Morgan fingerprint density at radius 1 is 0.952 bits per heavy atom. The van der Waals surface area contributed by atoms with E-state index in [-0.39, 0.29) is 10.8 Å². The average molecular weight is 321 g/mol. The molecule has 3 rings (SSSR count). The quantitative estimate of drug-likeness (QED) is 0.813. The van der Waals surface area contributed by atoms with Gasteiger partial charge in [-0.1, -0.05) is 41.9 Å². The molecule has 1 saturated carbocycles. The summed E-state index contributed by atoms with van der Waals surface area (Å²) >= 11 is 5.84. The Morgan fingerprint density at radius 2 is 1.57 bits per heavy atom. The van der Waals surface area contributed by atoms with Gasteiger partial charge in [0.1, 0.15) is 6.29 Å². The van der Waals surface area contributed by atoms with E-state index in [0.717, 1.165) is 11.8 Å². The number of benzene rings is 2. The average Bonchev–Trinajstić information content (AvgIpc) is 3.24. The molecule has 1 aliphatic carbocycles. The zero-order valence-electron chi connectivity index (χ0n) is 11.0. The Morgan fingerprint density at radius 3 is 2.14 bits per heavy atom. The molecule has 0 unspecified atom stereocenters. The topological polar surface area (TPSA) is 51.2 Å². The van der Waals surface area contributed by atoms with Gasteiger partial charge in [0.25, 0.3) is 0 Å². The summed E-state index contributed by atoms with van der Waals surface area (Å²) in [6, 6.07) is 15.2. The highest BCUT2D eigenvalue weighted by atomic mass is 35.5. The van der Waals surface area contributed by atoms with Crippen LogP contribution in [0.5, 0.6) is 0 Å². The Labute approximate surface area is 128 Å². The standard InChI is InChI=1S/C16H13ClO3S/c17-12-8-6-11(7-9-12)15-14(10-18)16(15)21(19,20)13-4-2-1-3-5-13/h1-10,14-16H/t14-,15-,16+/m1/s1. The number of carbonyl (C=O) groups is 1. The van der Waals surface area contributed by atoms with Crippen LogP contribution in [0, 0.1) is 5.92 Å². The third-order valence-corrected chi connectivity index (χ3v) is 6.35. The summed E-state index contributed by atoms with van der Waals surface area (Å²) in [5, 5.41) is -0.0944. The molecule has 0 aliphatic heterocycles. The zero-order valence-corrected chi connectivity index (χ0v) is 12.6. The van der Waals surface area contributed by atoms with E-state index < -0.39 is 21.0 Å². The normalized spacial score (nSPS) is 24.5. The monoisotopic (exact) mass is 320 g/mol. The largest absolute Gasteiger partial charge is 0.303 e. The Bertz CT molecular complexity index is 754. The Kier molecular flexibility index (Phi) is 3.59. The molecule has 1 fully saturated rings. The predicted molar refractivity (Wildman–Crippen MR) is 81.2 cm³/mol. The van der Waals surface area contributed by atoms with Crippen molar-refractivity contribution >= 4 is 27.7 Å². The molecular weight excluding hydrogens is 308 g/mol. The lowest BCUT2D eigenvalue weighted by molar-refractivity contribution is -0.108. The van der Waals surface area contributed by atoms with E-state index in [1.54, 1.807) is 54.6 Å². The number of halogens is 1. The van der Waals surface area contributed by atoms with Gasteiger partial charge in [0.2, 0.25) is 0 Å². The first-order valence-corrected chi connectivity index (χ1v) is 8.48. The number of carbonyl (C=O) groups excluding carboxylic acids is 1. The molecule has 3 atom stereocenters. The van der Waals surface area contributed by atoms with Crippen LogP contribution >= 0.6 is 11.6 Å². The van der Waals surface area contributed by atoms with Crippen LogP contribution in [0.15, 0.2) is 59.5 Å². The summed E-state index contributed by atoms with van der Waals surface area (Å²) in [4.78, 5) is 11.5. The summed E-state index contributed by atoms with van der Waals surface area (Å²) < 4.78 is 25.3. The summed E-state index contributed by atoms with van der Waals surface area (Å²) in [6.45, 7) is 0. The highest BCUT2D eigenvalue weighted by Gasteiger charge is 2.58. The molecule has 2 aromatic rings.